The highest BCUT2D eigenvalue weighted by atomic mass is 15.4. The Bertz CT molecular complexity index is 240. The van der Waals surface area contributed by atoms with E-state index in [2.05, 4.69) is 31.1 Å². The molecule has 3 nitrogen and oxygen atoms in total. The standard InChI is InChI=1S/C10H19N3/c1-4-13-8-10(11-12-13)7-5-6-9(2)3/h8-9H,4-7H2,1-3H3. The van der Waals surface area contributed by atoms with Crippen LogP contribution in [0.5, 0.6) is 0 Å². The fraction of sp³-hybridized carbons (Fsp3) is 0.800. The Morgan fingerprint density at radius 2 is 2.23 bits per heavy atom. The van der Waals surface area contributed by atoms with Gasteiger partial charge in [-0.25, -0.2) is 0 Å². The summed E-state index contributed by atoms with van der Waals surface area (Å²) < 4.78 is 1.88. The molecule has 0 unspecified atom stereocenters. The molecular weight excluding hydrogens is 162 g/mol. The second kappa shape index (κ2) is 5.00. The van der Waals surface area contributed by atoms with Gasteiger partial charge in [-0.1, -0.05) is 25.5 Å². The van der Waals surface area contributed by atoms with E-state index >= 15 is 0 Å². The number of nitrogens with zero attached hydrogens (tertiary/aromatic N) is 3. The summed E-state index contributed by atoms with van der Waals surface area (Å²) in [5.74, 6) is 0.793. The van der Waals surface area contributed by atoms with Gasteiger partial charge in [-0.15, -0.1) is 5.10 Å². The number of rotatable bonds is 5. The van der Waals surface area contributed by atoms with Crippen LogP contribution in [0.25, 0.3) is 0 Å². The third-order valence-corrected chi connectivity index (χ3v) is 2.12. The fourth-order valence-corrected chi connectivity index (χ4v) is 1.30. The van der Waals surface area contributed by atoms with Crippen LogP contribution in [0.15, 0.2) is 6.20 Å². The normalized spacial score (nSPS) is 11.1. The number of hydrogen-bond acceptors (Lipinski definition) is 2. The molecule has 74 valence electrons. The van der Waals surface area contributed by atoms with Gasteiger partial charge in [0.2, 0.25) is 0 Å². The average Bonchev–Trinajstić information content (AvgIpc) is 2.52. The van der Waals surface area contributed by atoms with Crippen LogP contribution in [-0.4, -0.2) is 15.0 Å². The molecular formula is C10H19N3. The first kappa shape index (κ1) is 10.2. The summed E-state index contributed by atoms with van der Waals surface area (Å²) in [7, 11) is 0. The summed E-state index contributed by atoms with van der Waals surface area (Å²) in [6, 6.07) is 0. The van der Waals surface area contributed by atoms with Gasteiger partial charge in [0.05, 0.1) is 5.69 Å². The Morgan fingerprint density at radius 1 is 1.46 bits per heavy atom. The molecule has 0 atom stereocenters. The minimum absolute atomic E-state index is 0.793. The van der Waals surface area contributed by atoms with Crippen molar-refractivity contribution in [1.82, 2.24) is 15.0 Å². The van der Waals surface area contributed by atoms with Gasteiger partial charge in [0.25, 0.3) is 0 Å². The molecule has 0 radical (unpaired) electrons. The molecule has 0 aliphatic carbocycles. The maximum absolute atomic E-state index is 4.10. The highest BCUT2D eigenvalue weighted by Gasteiger charge is 2.00. The highest BCUT2D eigenvalue weighted by molar-refractivity contribution is 4.91. The van der Waals surface area contributed by atoms with E-state index < -0.39 is 0 Å². The van der Waals surface area contributed by atoms with Gasteiger partial charge in [0.15, 0.2) is 0 Å². The topological polar surface area (TPSA) is 30.7 Å². The lowest BCUT2D eigenvalue weighted by Crippen LogP contribution is -1.93. The Morgan fingerprint density at radius 3 is 2.77 bits per heavy atom. The van der Waals surface area contributed by atoms with Crippen LogP contribution in [0.1, 0.15) is 39.3 Å². The SMILES string of the molecule is CCn1cc(CCCC(C)C)nn1. The van der Waals surface area contributed by atoms with E-state index in [-0.39, 0.29) is 0 Å². The summed E-state index contributed by atoms with van der Waals surface area (Å²) in [5, 5.41) is 8.10. The average molecular weight is 181 g/mol. The Kier molecular flexibility index (Phi) is 3.93. The highest BCUT2D eigenvalue weighted by Crippen LogP contribution is 2.07. The lowest BCUT2D eigenvalue weighted by molar-refractivity contribution is 0.553. The van der Waals surface area contributed by atoms with E-state index in [1.54, 1.807) is 0 Å². The molecule has 13 heavy (non-hydrogen) atoms. The van der Waals surface area contributed by atoms with Gasteiger partial charge in [0.1, 0.15) is 0 Å². The molecule has 0 amide bonds. The minimum Gasteiger partial charge on any atom is -0.253 e. The van der Waals surface area contributed by atoms with Crippen LogP contribution in [0.3, 0.4) is 0 Å². The van der Waals surface area contributed by atoms with E-state index in [9.17, 15) is 0 Å². The molecule has 0 aliphatic rings. The zero-order valence-electron chi connectivity index (χ0n) is 8.82. The van der Waals surface area contributed by atoms with Crippen molar-refractivity contribution in [3.8, 4) is 0 Å². The number of hydrogen-bond donors (Lipinski definition) is 0. The predicted molar refractivity (Wildman–Crippen MR) is 53.5 cm³/mol. The number of aryl methyl sites for hydroxylation is 2. The molecule has 0 bridgehead atoms. The van der Waals surface area contributed by atoms with Crippen molar-refractivity contribution >= 4 is 0 Å². The maximum Gasteiger partial charge on any atom is 0.0827 e. The summed E-state index contributed by atoms with van der Waals surface area (Å²) in [6.45, 7) is 7.50. The van der Waals surface area contributed by atoms with E-state index in [0.29, 0.717) is 0 Å². The van der Waals surface area contributed by atoms with Gasteiger partial charge in [-0.2, -0.15) is 0 Å². The van der Waals surface area contributed by atoms with E-state index in [4.69, 9.17) is 0 Å². The van der Waals surface area contributed by atoms with Crippen LogP contribution in [-0.2, 0) is 13.0 Å². The molecule has 0 fully saturated rings. The van der Waals surface area contributed by atoms with Crippen molar-refractivity contribution < 1.29 is 0 Å². The monoisotopic (exact) mass is 181 g/mol. The molecule has 0 saturated heterocycles. The number of aromatic nitrogens is 3. The second-order valence-electron chi connectivity index (χ2n) is 3.85. The molecule has 0 aromatic carbocycles. The predicted octanol–water partition coefficient (Wildman–Crippen LogP) is 2.28. The zero-order valence-corrected chi connectivity index (χ0v) is 8.82. The van der Waals surface area contributed by atoms with Gasteiger partial charge in [0, 0.05) is 12.7 Å². The molecule has 0 spiro atoms. The van der Waals surface area contributed by atoms with Crippen LogP contribution < -0.4 is 0 Å². The molecule has 3 heteroatoms. The Balaban J connectivity index is 2.28. The largest absolute Gasteiger partial charge is 0.253 e. The molecule has 1 heterocycles. The van der Waals surface area contributed by atoms with E-state index in [1.165, 1.54) is 12.8 Å². The molecule has 0 N–H and O–H groups in total. The first-order valence-corrected chi connectivity index (χ1v) is 5.11. The first-order valence-electron chi connectivity index (χ1n) is 5.11. The molecule has 0 saturated carbocycles. The quantitative estimate of drug-likeness (QED) is 0.697. The third-order valence-electron chi connectivity index (χ3n) is 2.12. The molecule has 1 aromatic rings. The maximum atomic E-state index is 4.10. The first-order chi connectivity index (χ1) is 6.22. The second-order valence-corrected chi connectivity index (χ2v) is 3.85. The van der Waals surface area contributed by atoms with Gasteiger partial charge >= 0.3 is 0 Å². The lowest BCUT2D eigenvalue weighted by Gasteiger charge is -2.01. The summed E-state index contributed by atoms with van der Waals surface area (Å²) in [4.78, 5) is 0. The summed E-state index contributed by atoms with van der Waals surface area (Å²) in [6.07, 6.45) is 5.61. The van der Waals surface area contributed by atoms with Crippen molar-refractivity contribution in [1.29, 1.82) is 0 Å². The van der Waals surface area contributed by atoms with Crippen molar-refractivity contribution in [3.63, 3.8) is 0 Å². The minimum atomic E-state index is 0.793. The van der Waals surface area contributed by atoms with Crippen molar-refractivity contribution in [2.24, 2.45) is 5.92 Å². The van der Waals surface area contributed by atoms with Crippen LogP contribution in [0.2, 0.25) is 0 Å². The summed E-state index contributed by atoms with van der Waals surface area (Å²) in [5.41, 5.74) is 1.13. The fourth-order valence-electron chi connectivity index (χ4n) is 1.30. The van der Waals surface area contributed by atoms with Gasteiger partial charge in [-0.05, 0) is 25.7 Å². The Hall–Kier alpha value is -0.860. The van der Waals surface area contributed by atoms with E-state index in [0.717, 1.165) is 24.6 Å². The van der Waals surface area contributed by atoms with Crippen molar-refractivity contribution in [3.05, 3.63) is 11.9 Å². The Labute approximate surface area is 80.1 Å². The van der Waals surface area contributed by atoms with E-state index in [1.807, 2.05) is 10.9 Å². The van der Waals surface area contributed by atoms with Crippen LogP contribution in [0.4, 0.5) is 0 Å². The van der Waals surface area contributed by atoms with Crippen LogP contribution >= 0.6 is 0 Å². The third kappa shape index (κ3) is 3.57. The van der Waals surface area contributed by atoms with Crippen molar-refractivity contribution in [2.45, 2.75) is 46.6 Å². The summed E-state index contributed by atoms with van der Waals surface area (Å²) >= 11 is 0. The molecule has 1 aromatic heterocycles. The zero-order chi connectivity index (χ0) is 9.68. The molecule has 1 rings (SSSR count). The molecule has 0 aliphatic heterocycles. The lowest BCUT2D eigenvalue weighted by atomic mass is 10.1. The van der Waals surface area contributed by atoms with Crippen LogP contribution in [0, 0.1) is 5.92 Å². The smallest absolute Gasteiger partial charge is 0.0827 e. The van der Waals surface area contributed by atoms with Crippen molar-refractivity contribution in [2.75, 3.05) is 0 Å². The van der Waals surface area contributed by atoms with Gasteiger partial charge in [-0.3, -0.25) is 4.68 Å². The van der Waals surface area contributed by atoms with Gasteiger partial charge < -0.3 is 0 Å².